The van der Waals surface area contributed by atoms with Crippen LogP contribution in [-0.4, -0.2) is 62.4 Å². The van der Waals surface area contributed by atoms with Crippen LogP contribution in [0.25, 0.3) is 0 Å². The van der Waals surface area contributed by atoms with E-state index in [-0.39, 0.29) is 17.0 Å². The molecule has 1 aliphatic heterocycles. The van der Waals surface area contributed by atoms with Gasteiger partial charge >= 0.3 is 12.1 Å². The largest absolute Gasteiger partial charge is 0.496 e. The molecule has 2 amide bonds. The van der Waals surface area contributed by atoms with Crippen molar-refractivity contribution in [1.29, 1.82) is 0 Å². The van der Waals surface area contributed by atoms with Gasteiger partial charge < -0.3 is 24.3 Å². The number of anilines is 1. The fourth-order valence-electron chi connectivity index (χ4n) is 3.06. The van der Waals surface area contributed by atoms with E-state index in [0.717, 1.165) is 0 Å². The number of ether oxygens (including phenoxy) is 4. The average Bonchev–Trinajstić information content (AvgIpc) is 3.15. The molecule has 1 aliphatic rings. The third-order valence-corrected chi connectivity index (χ3v) is 4.37. The lowest BCUT2D eigenvalue weighted by molar-refractivity contribution is -0.120. The molecule has 1 fully saturated rings. The standard InChI is InChI=1S/C20H28N2O7/c1-20(2,3)29-19(25)22-9-7-8-14(22)17(23)21-13-10-12(18(24)28-6)15(26-4)11-16(13)27-5/h10-11,14H,7-9H2,1-6H3,(H,21,23)/t14-/m0/s1. The first-order chi connectivity index (χ1) is 13.6. The molecule has 9 nitrogen and oxygen atoms in total. The maximum Gasteiger partial charge on any atom is 0.410 e. The zero-order valence-corrected chi connectivity index (χ0v) is 17.7. The molecule has 1 saturated heterocycles. The molecule has 1 aromatic rings. The van der Waals surface area contributed by atoms with Crippen molar-refractivity contribution >= 4 is 23.7 Å². The average molecular weight is 408 g/mol. The third-order valence-electron chi connectivity index (χ3n) is 4.37. The van der Waals surface area contributed by atoms with E-state index < -0.39 is 29.6 Å². The smallest absolute Gasteiger partial charge is 0.410 e. The normalized spacial score (nSPS) is 16.2. The first-order valence-corrected chi connectivity index (χ1v) is 9.26. The third kappa shape index (κ3) is 5.30. The van der Waals surface area contributed by atoms with Gasteiger partial charge in [0.25, 0.3) is 0 Å². The van der Waals surface area contributed by atoms with Gasteiger partial charge in [-0.3, -0.25) is 9.69 Å². The summed E-state index contributed by atoms with van der Waals surface area (Å²) in [5.74, 6) is -0.448. The van der Waals surface area contributed by atoms with E-state index in [1.165, 1.54) is 38.4 Å². The van der Waals surface area contributed by atoms with Gasteiger partial charge in [-0.05, 0) is 39.7 Å². The summed E-state index contributed by atoms with van der Waals surface area (Å²) in [5, 5.41) is 2.75. The number of amides is 2. The van der Waals surface area contributed by atoms with E-state index in [4.69, 9.17) is 18.9 Å². The van der Waals surface area contributed by atoms with Crippen LogP contribution in [0, 0.1) is 0 Å². The molecule has 1 heterocycles. The molecular formula is C20H28N2O7. The number of rotatable bonds is 5. The molecule has 0 bridgehead atoms. The van der Waals surface area contributed by atoms with Gasteiger partial charge in [-0.15, -0.1) is 0 Å². The van der Waals surface area contributed by atoms with Crippen molar-refractivity contribution < 1.29 is 33.3 Å². The molecule has 1 N–H and O–H groups in total. The first-order valence-electron chi connectivity index (χ1n) is 9.26. The molecule has 29 heavy (non-hydrogen) atoms. The van der Waals surface area contributed by atoms with Crippen molar-refractivity contribution in [3.05, 3.63) is 17.7 Å². The van der Waals surface area contributed by atoms with E-state index in [1.807, 2.05) is 0 Å². The number of nitrogens with one attached hydrogen (secondary N) is 1. The van der Waals surface area contributed by atoms with Crippen LogP contribution in [0.2, 0.25) is 0 Å². The van der Waals surface area contributed by atoms with E-state index in [1.54, 1.807) is 20.8 Å². The van der Waals surface area contributed by atoms with Gasteiger partial charge in [-0.25, -0.2) is 9.59 Å². The Hall–Kier alpha value is -2.97. The van der Waals surface area contributed by atoms with Crippen LogP contribution in [0.15, 0.2) is 12.1 Å². The minimum atomic E-state index is -0.682. The van der Waals surface area contributed by atoms with Gasteiger partial charge in [-0.2, -0.15) is 0 Å². The summed E-state index contributed by atoms with van der Waals surface area (Å²) in [6.45, 7) is 5.74. The van der Waals surface area contributed by atoms with Crippen LogP contribution in [0.1, 0.15) is 44.0 Å². The zero-order chi connectivity index (χ0) is 21.8. The van der Waals surface area contributed by atoms with Gasteiger partial charge in [0.1, 0.15) is 28.7 Å². The summed E-state index contributed by atoms with van der Waals surface area (Å²) < 4.78 is 20.7. The first kappa shape index (κ1) is 22.3. The summed E-state index contributed by atoms with van der Waals surface area (Å²) in [7, 11) is 4.10. The van der Waals surface area contributed by atoms with Crippen molar-refractivity contribution in [2.45, 2.75) is 45.3 Å². The molecule has 9 heteroatoms. The van der Waals surface area contributed by atoms with Crippen molar-refractivity contribution in [1.82, 2.24) is 4.90 Å². The number of benzene rings is 1. The summed E-state index contributed by atoms with van der Waals surface area (Å²) in [5.41, 5.74) is -0.244. The van der Waals surface area contributed by atoms with Crippen LogP contribution < -0.4 is 14.8 Å². The topological polar surface area (TPSA) is 103 Å². The molecule has 160 valence electrons. The lowest BCUT2D eigenvalue weighted by Crippen LogP contribution is -2.45. The Morgan fingerprint density at radius 1 is 1.07 bits per heavy atom. The number of methoxy groups -OCH3 is 3. The zero-order valence-electron chi connectivity index (χ0n) is 17.7. The highest BCUT2D eigenvalue weighted by atomic mass is 16.6. The molecule has 0 aromatic heterocycles. The monoisotopic (exact) mass is 408 g/mol. The van der Waals surface area contributed by atoms with E-state index >= 15 is 0 Å². The van der Waals surface area contributed by atoms with Gasteiger partial charge in [0, 0.05) is 12.6 Å². The van der Waals surface area contributed by atoms with Crippen molar-refractivity contribution in [3.63, 3.8) is 0 Å². The SMILES string of the molecule is COC(=O)c1cc(NC(=O)[C@@H]2CCCN2C(=O)OC(C)(C)C)c(OC)cc1OC. The molecule has 0 unspecified atom stereocenters. The Kier molecular flexibility index (Phi) is 6.94. The lowest BCUT2D eigenvalue weighted by Gasteiger charge is -2.28. The fraction of sp³-hybridized carbons (Fsp3) is 0.550. The molecule has 0 radical (unpaired) electrons. The quantitative estimate of drug-likeness (QED) is 0.747. The number of hydrogen-bond acceptors (Lipinski definition) is 7. The highest BCUT2D eigenvalue weighted by Gasteiger charge is 2.37. The Balaban J connectivity index is 2.27. The highest BCUT2D eigenvalue weighted by molar-refractivity contribution is 6.00. The maximum atomic E-state index is 12.9. The summed E-state index contributed by atoms with van der Waals surface area (Å²) in [6, 6.07) is 2.23. The number of hydrogen-bond donors (Lipinski definition) is 1. The number of likely N-dealkylation sites (tertiary alicyclic amines) is 1. The van der Waals surface area contributed by atoms with E-state index in [2.05, 4.69) is 5.32 Å². The van der Waals surface area contributed by atoms with Crippen LogP contribution >= 0.6 is 0 Å². The maximum absolute atomic E-state index is 12.9. The minimum Gasteiger partial charge on any atom is -0.496 e. The summed E-state index contributed by atoms with van der Waals surface area (Å²) in [4.78, 5) is 38.8. The van der Waals surface area contributed by atoms with Crippen LogP contribution in [0.3, 0.4) is 0 Å². The molecular weight excluding hydrogens is 380 g/mol. The molecule has 0 spiro atoms. The molecule has 0 aliphatic carbocycles. The Morgan fingerprint density at radius 3 is 2.28 bits per heavy atom. The Bertz CT molecular complexity index is 786. The Labute approximate surface area is 170 Å². The number of carbonyl (C=O) groups excluding carboxylic acids is 3. The van der Waals surface area contributed by atoms with Gasteiger partial charge in [0.15, 0.2) is 0 Å². The van der Waals surface area contributed by atoms with Gasteiger partial charge in [0.2, 0.25) is 5.91 Å². The second kappa shape index (κ2) is 9.02. The highest BCUT2D eigenvalue weighted by Crippen LogP contribution is 2.34. The lowest BCUT2D eigenvalue weighted by atomic mass is 10.1. The number of esters is 1. The predicted octanol–water partition coefficient (Wildman–Crippen LogP) is 2.83. The Morgan fingerprint density at radius 2 is 1.72 bits per heavy atom. The van der Waals surface area contributed by atoms with Crippen LogP contribution in [-0.2, 0) is 14.3 Å². The second-order valence-electron chi connectivity index (χ2n) is 7.57. The minimum absolute atomic E-state index is 0.140. The summed E-state index contributed by atoms with van der Waals surface area (Å²) >= 11 is 0. The van der Waals surface area contributed by atoms with Crippen LogP contribution in [0.5, 0.6) is 11.5 Å². The predicted molar refractivity (Wildman–Crippen MR) is 105 cm³/mol. The number of carbonyl (C=O) groups is 3. The van der Waals surface area contributed by atoms with E-state index in [9.17, 15) is 14.4 Å². The molecule has 2 rings (SSSR count). The summed E-state index contributed by atoms with van der Waals surface area (Å²) in [6.07, 6.45) is 0.657. The van der Waals surface area contributed by atoms with Crippen LogP contribution in [0.4, 0.5) is 10.5 Å². The van der Waals surface area contributed by atoms with Gasteiger partial charge in [-0.1, -0.05) is 0 Å². The number of nitrogens with zero attached hydrogens (tertiary/aromatic N) is 1. The van der Waals surface area contributed by atoms with Crippen molar-refractivity contribution in [2.24, 2.45) is 0 Å². The van der Waals surface area contributed by atoms with E-state index in [0.29, 0.717) is 25.1 Å². The van der Waals surface area contributed by atoms with Crippen molar-refractivity contribution in [3.8, 4) is 11.5 Å². The van der Waals surface area contributed by atoms with Gasteiger partial charge in [0.05, 0.1) is 27.0 Å². The van der Waals surface area contributed by atoms with Crippen molar-refractivity contribution in [2.75, 3.05) is 33.2 Å². The second-order valence-corrected chi connectivity index (χ2v) is 7.57. The molecule has 1 aromatic carbocycles. The molecule has 1 atom stereocenters. The molecule has 0 saturated carbocycles. The fourth-order valence-corrected chi connectivity index (χ4v) is 3.06.